The van der Waals surface area contributed by atoms with Gasteiger partial charge in [-0.15, -0.1) is 0 Å². The van der Waals surface area contributed by atoms with Gasteiger partial charge < -0.3 is 9.73 Å². The van der Waals surface area contributed by atoms with Crippen molar-refractivity contribution in [3.05, 3.63) is 94.9 Å². The van der Waals surface area contributed by atoms with E-state index < -0.39 is 0 Å². The van der Waals surface area contributed by atoms with Crippen LogP contribution >= 0.6 is 0 Å². The quantitative estimate of drug-likeness (QED) is 0.645. The number of carbonyl (C=O) groups is 1. The van der Waals surface area contributed by atoms with Crippen LogP contribution in [0, 0.1) is 0 Å². The molecule has 2 aromatic carbocycles. The molecule has 4 nitrogen and oxygen atoms in total. The van der Waals surface area contributed by atoms with Gasteiger partial charge in [0.2, 0.25) is 0 Å². The second-order valence-electron chi connectivity index (χ2n) is 9.06. The molecule has 0 radical (unpaired) electrons. The molecule has 2 heterocycles. The first-order valence-electron chi connectivity index (χ1n) is 10.6. The van der Waals surface area contributed by atoms with Crippen molar-refractivity contribution >= 4 is 5.91 Å². The van der Waals surface area contributed by atoms with Gasteiger partial charge in [-0.1, -0.05) is 57.2 Å². The number of rotatable bonds is 5. The molecule has 1 aromatic heterocycles. The van der Waals surface area contributed by atoms with Gasteiger partial charge in [-0.2, -0.15) is 0 Å². The zero-order chi connectivity index (χ0) is 21.1. The average Bonchev–Trinajstić information content (AvgIpc) is 3.27. The minimum Gasteiger partial charge on any atom is -0.468 e. The Kier molecular flexibility index (Phi) is 5.78. The van der Waals surface area contributed by atoms with E-state index in [0.717, 1.165) is 25.3 Å². The Balaban J connectivity index is 1.46. The summed E-state index contributed by atoms with van der Waals surface area (Å²) >= 11 is 0. The smallest absolute Gasteiger partial charge is 0.251 e. The minimum atomic E-state index is -0.0515. The van der Waals surface area contributed by atoms with Crippen molar-refractivity contribution in [1.29, 1.82) is 0 Å². The molecule has 156 valence electrons. The van der Waals surface area contributed by atoms with Crippen LogP contribution in [-0.2, 0) is 18.4 Å². The molecular weight excluding hydrogens is 372 g/mol. The number of hydrogen-bond acceptors (Lipinski definition) is 3. The molecular formula is C26H30N2O2. The molecule has 4 heteroatoms. The third kappa shape index (κ3) is 4.49. The maximum absolute atomic E-state index is 12.8. The molecule has 0 spiro atoms. The Morgan fingerprint density at radius 2 is 1.77 bits per heavy atom. The monoisotopic (exact) mass is 402 g/mol. The summed E-state index contributed by atoms with van der Waals surface area (Å²) in [6, 6.07) is 20.4. The van der Waals surface area contributed by atoms with Crippen molar-refractivity contribution in [2.45, 2.75) is 45.2 Å². The summed E-state index contributed by atoms with van der Waals surface area (Å²) in [6.07, 6.45) is 2.71. The van der Waals surface area contributed by atoms with Crippen molar-refractivity contribution in [2.75, 3.05) is 13.1 Å². The SMILES string of the molecule is CC(C)(C)c1ccc(C(=O)NC[C@H](c2ccco2)N2CCc3ccccc3C2)cc1. The Bertz CT molecular complexity index is 985. The molecule has 4 rings (SSSR count). The highest BCUT2D eigenvalue weighted by molar-refractivity contribution is 5.94. The Hall–Kier alpha value is -2.85. The molecule has 0 saturated carbocycles. The van der Waals surface area contributed by atoms with Gasteiger partial charge >= 0.3 is 0 Å². The number of furan rings is 1. The zero-order valence-electron chi connectivity index (χ0n) is 18.0. The first-order chi connectivity index (χ1) is 14.4. The average molecular weight is 403 g/mol. The lowest BCUT2D eigenvalue weighted by molar-refractivity contribution is 0.0919. The predicted molar refractivity (Wildman–Crippen MR) is 119 cm³/mol. The van der Waals surface area contributed by atoms with Gasteiger partial charge in [0.25, 0.3) is 5.91 Å². The molecule has 30 heavy (non-hydrogen) atoms. The summed E-state index contributed by atoms with van der Waals surface area (Å²) in [5.74, 6) is 0.835. The van der Waals surface area contributed by atoms with E-state index in [1.54, 1.807) is 6.26 Å². The number of amides is 1. The van der Waals surface area contributed by atoms with E-state index in [1.807, 2.05) is 36.4 Å². The maximum atomic E-state index is 12.8. The summed E-state index contributed by atoms with van der Waals surface area (Å²) in [6.45, 7) is 8.83. The fraction of sp³-hybridized carbons (Fsp3) is 0.346. The molecule has 1 N–H and O–H groups in total. The lowest BCUT2D eigenvalue weighted by Gasteiger charge is -2.34. The molecule has 1 aliphatic heterocycles. The topological polar surface area (TPSA) is 45.5 Å². The van der Waals surface area contributed by atoms with Crippen molar-refractivity contribution in [3.8, 4) is 0 Å². The molecule has 1 atom stereocenters. The van der Waals surface area contributed by atoms with Gasteiger partial charge in [-0.25, -0.2) is 0 Å². The molecule has 0 bridgehead atoms. The van der Waals surface area contributed by atoms with E-state index in [4.69, 9.17) is 4.42 Å². The normalized spacial score (nSPS) is 15.4. The minimum absolute atomic E-state index is 0.00570. The molecule has 3 aromatic rings. The lowest BCUT2D eigenvalue weighted by Crippen LogP contribution is -2.40. The molecule has 0 saturated heterocycles. The van der Waals surface area contributed by atoms with Gasteiger partial charge in [0.15, 0.2) is 0 Å². The second-order valence-corrected chi connectivity index (χ2v) is 9.06. The summed E-state index contributed by atoms with van der Waals surface area (Å²) < 4.78 is 5.74. The van der Waals surface area contributed by atoms with Crippen molar-refractivity contribution < 1.29 is 9.21 Å². The van der Waals surface area contributed by atoms with Gasteiger partial charge in [0.05, 0.1) is 12.3 Å². The third-order valence-electron chi connectivity index (χ3n) is 5.94. The number of fused-ring (bicyclic) bond motifs is 1. The van der Waals surface area contributed by atoms with Crippen LogP contribution in [0.2, 0.25) is 0 Å². The number of nitrogens with one attached hydrogen (secondary N) is 1. The zero-order valence-corrected chi connectivity index (χ0v) is 18.0. The first kappa shape index (κ1) is 20.4. The lowest BCUT2D eigenvalue weighted by atomic mass is 9.87. The van der Waals surface area contributed by atoms with Crippen LogP contribution in [-0.4, -0.2) is 23.9 Å². The fourth-order valence-corrected chi connectivity index (χ4v) is 4.09. The number of hydrogen-bond donors (Lipinski definition) is 1. The summed E-state index contributed by atoms with van der Waals surface area (Å²) in [5.41, 5.74) is 4.74. The molecule has 1 amide bonds. The van der Waals surface area contributed by atoms with E-state index in [9.17, 15) is 4.79 Å². The third-order valence-corrected chi connectivity index (χ3v) is 5.94. The van der Waals surface area contributed by atoms with Gasteiger partial charge in [0.1, 0.15) is 5.76 Å². The van der Waals surface area contributed by atoms with Crippen molar-refractivity contribution in [2.24, 2.45) is 0 Å². The number of nitrogens with zero attached hydrogens (tertiary/aromatic N) is 1. The van der Waals surface area contributed by atoms with Crippen LogP contribution < -0.4 is 5.32 Å². The molecule has 0 aliphatic carbocycles. The Labute approximate surface area is 178 Å². The highest BCUT2D eigenvalue weighted by atomic mass is 16.3. The Morgan fingerprint density at radius 1 is 1.03 bits per heavy atom. The summed E-state index contributed by atoms with van der Waals surface area (Å²) in [4.78, 5) is 15.2. The van der Waals surface area contributed by atoms with E-state index in [2.05, 4.69) is 55.3 Å². The standard InChI is InChI=1S/C26H30N2O2/c1-26(2,3)22-12-10-20(11-13-22)25(29)27-17-23(24-9-6-16-30-24)28-15-14-19-7-4-5-8-21(19)18-28/h4-13,16,23H,14-15,17-18H2,1-3H3,(H,27,29)/t23-/m1/s1. The van der Waals surface area contributed by atoms with Crippen LogP contribution in [0.25, 0.3) is 0 Å². The van der Waals surface area contributed by atoms with Crippen LogP contribution in [0.4, 0.5) is 0 Å². The molecule has 0 fully saturated rings. The van der Waals surface area contributed by atoms with Crippen LogP contribution in [0.1, 0.15) is 59.6 Å². The molecule has 0 unspecified atom stereocenters. The fourth-order valence-electron chi connectivity index (χ4n) is 4.09. The summed E-state index contributed by atoms with van der Waals surface area (Å²) in [7, 11) is 0. The second kappa shape index (κ2) is 8.49. The van der Waals surface area contributed by atoms with Crippen molar-refractivity contribution in [1.82, 2.24) is 10.2 Å². The van der Waals surface area contributed by atoms with Gasteiger partial charge in [0, 0.05) is 25.2 Å². The Morgan fingerprint density at radius 3 is 2.43 bits per heavy atom. The van der Waals surface area contributed by atoms with E-state index in [1.165, 1.54) is 16.7 Å². The van der Waals surface area contributed by atoms with Gasteiger partial charge in [-0.3, -0.25) is 9.69 Å². The van der Waals surface area contributed by atoms with Gasteiger partial charge in [-0.05, 0) is 52.8 Å². The summed E-state index contributed by atoms with van der Waals surface area (Å²) in [5, 5.41) is 3.13. The van der Waals surface area contributed by atoms with Crippen LogP contribution in [0.15, 0.2) is 71.3 Å². The highest BCUT2D eigenvalue weighted by Crippen LogP contribution is 2.28. The number of carbonyl (C=O) groups excluding carboxylic acids is 1. The van der Waals surface area contributed by atoms with E-state index in [-0.39, 0.29) is 17.4 Å². The van der Waals surface area contributed by atoms with Crippen molar-refractivity contribution in [3.63, 3.8) is 0 Å². The predicted octanol–water partition coefficient (Wildman–Crippen LogP) is 5.11. The number of benzene rings is 2. The van der Waals surface area contributed by atoms with E-state index in [0.29, 0.717) is 12.1 Å². The highest BCUT2D eigenvalue weighted by Gasteiger charge is 2.27. The first-order valence-corrected chi connectivity index (χ1v) is 10.6. The largest absolute Gasteiger partial charge is 0.468 e. The van der Waals surface area contributed by atoms with Crippen LogP contribution in [0.3, 0.4) is 0 Å². The van der Waals surface area contributed by atoms with Crippen LogP contribution in [0.5, 0.6) is 0 Å². The maximum Gasteiger partial charge on any atom is 0.251 e. The molecule has 1 aliphatic rings. The van der Waals surface area contributed by atoms with E-state index >= 15 is 0 Å².